The molecule has 110 valence electrons. The second kappa shape index (κ2) is 9.76. The quantitative estimate of drug-likeness (QED) is 0.561. The third kappa shape index (κ3) is 8.90. The summed E-state index contributed by atoms with van der Waals surface area (Å²) in [5.41, 5.74) is -0.127. The number of nitrogens with one attached hydrogen (secondary N) is 1. The molecule has 0 aromatic carbocycles. The van der Waals surface area contributed by atoms with E-state index in [1.807, 2.05) is 0 Å². The van der Waals surface area contributed by atoms with Gasteiger partial charge in [0.2, 0.25) is 0 Å². The summed E-state index contributed by atoms with van der Waals surface area (Å²) in [4.78, 5) is 0. The Bertz CT molecular complexity index is 197. The van der Waals surface area contributed by atoms with E-state index >= 15 is 0 Å². The highest BCUT2D eigenvalue weighted by Gasteiger charge is 2.20. The lowest BCUT2D eigenvalue weighted by molar-refractivity contribution is 0.0477. The van der Waals surface area contributed by atoms with E-state index in [9.17, 15) is 5.11 Å². The predicted octanol–water partition coefficient (Wildman–Crippen LogP) is 2.97. The van der Waals surface area contributed by atoms with E-state index in [0.717, 1.165) is 38.8 Å². The summed E-state index contributed by atoms with van der Waals surface area (Å²) < 4.78 is 5.78. The highest BCUT2D eigenvalue weighted by molar-refractivity contribution is 4.81. The summed E-state index contributed by atoms with van der Waals surface area (Å²) in [6.07, 6.45) is 4.66. The van der Waals surface area contributed by atoms with Gasteiger partial charge in [-0.25, -0.2) is 0 Å². The van der Waals surface area contributed by atoms with Gasteiger partial charge in [0.15, 0.2) is 0 Å². The molecular formula is C15H33NO2. The molecule has 2 unspecified atom stereocenters. The summed E-state index contributed by atoms with van der Waals surface area (Å²) in [6, 6.07) is 0. The molecule has 0 aliphatic carbocycles. The van der Waals surface area contributed by atoms with Crippen LogP contribution in [-0.2, 0) is 4.74 Å². The number of ether oxygens (including phenoxy) is 1. The molecule has 0 aromatic heterocycles. The number of rotatable bonds is 11. The van der Waals surface area contributed by atoms with Crippen LogP contribution < -0.4 is 5.32 Å². The van der Waals surface area contributed by atoms with Crippen molar-refractivity contribution in [2.75, 3.05) is 19.8 Å². The van der Waals surface area contributed by atoms with Crippen LogP contribution in [0.4, 0.5) is 0 Å². The van der Waals surface area contributed by atoms with Crippen molar-refractivity contribution in [3.8, 4) is 0 Å². The van der Waals surface area contributed by atoms with Crippen molar-refractivity contribution < 1.29 is 9.84 Å². The lowest BCUT2D eigenvalue weighted by Gasteiger charge is -2.28. The summed E-state index contributed by atoms with van der Waals surface area (Å²) in [7, 11) is 0. The smallest absolute Gasteiger partial charge is 0.0610 e. The number of hydrogen-bond acceptors (Lipinski definition) is 3. The van der Waals surface area contributed by atoms with Crippen LogP contribution in [0.5, 0.6) is 0 Å². The van der Waals surface area contributed by atoms with Gasteiger partial charge in [0.05, 0.1) is 12.7 Å². The van der Waals surface area contributed by atoms with Crippen LogP contribution in [0.25, 0.3) is 0 Å². The second-order valence-corrected chi connectivity index (χ2v) is 6.02. The molecule has 2 atom stereocenters. The summed E-state index contributed by atoms with van der Waals surface area (Å²) in [5.74, 6) is 0.700. The third-order valence-corrected chi connectivity index (χ3v) is 3.28. The van der Waals surface area contributed by atoms with E-state index in [1.54, 1.807) is 0 Å². The van der Waals surface area contributed by atoms with Crippen LogP contribution in [-0.4, -0.2) is 36.5 Å². The standard InChI is InChI=1S/C15H33NO2/c1-6-16-15(5,12-17)9-7-8-10-18-14(4)11-13(2)3/h13-14,16-17H,6-12H2,1-5H3. The van der Waals surface area contributed by atoms with Gasteiger partial charge in [0.1, 0.15) is 0 Å². The molecule has 0 heterocycles. The van der Waals surface area contributed by atoms with Crippen molar-refractivity contribution in [3.05, 3.63) is 0 Å². The summed E-state index contributed by atoms with van der Waals surface area (Å²) in [5, 5.41) is 12.7. The van der Waals surface area contributed by atoms with Gasteiger partial charge in [-0.2, -0.15) is 0 Å². The zero-order valence-corrected chi connectivity index (χ0v) is 13.0. The molecule has 18 heavy (non-hydrogen) atoms. The number of unbranched alkanes of at least 4 members (excludes halogenated alkanes) is 1. The molecule has 0 fully saturated rings. The van der Waals surface area contributed by atoms with E-state index in [0.29, 0.717) is 12.0 Å². The molecule has 3 heteroatoms. The van der Waals surface area contributed by atoms with Crippen LogP contribution in [0.1, 0.15) is 60.3 Å². The van der Waals surface area contributed by atoms with E-state index in [1.165, 1.54) is 0 Å². The van der Waals surface area contributed by atoms with Gasteiger partial charge in [0, 0.05) is 12.1 Å². The number of hydrogen-bond donors (Lipinski definition) is 2. The van der Waals surface area contributed by atoms with Gasteiger partial charge < -0.3 is 15.2 Å². The Hall–Kier alpha value is -0.120. The predicted molar refractivity (Wildman–Crippen MR) is 77.9 cm³/mol. The molecule has 0 aliphatic heterocycles. The number of likely N-dealkylation sites (N-methyl/N-ethyl adjacent to an activating group) is 1. The second-order valence-electron chi connectivity index (χ2n) is 6.02. The van der Waals surface area contributed by atoms with Crippen LogP contribution in [0.15, 0.2) is 0 Å². The fourth-order valence-corrected chi connectivity index (χ4v) is 2.28. The Labute approximate surface area is 113 Å². The molecule has 2 N–H and O–H groups in total. The van der Waals surface area contributed by atoms with Crippen molar-refractivity contribution in [3.63, 3.8) is 0 Å². The molecule has 0 rings (SSSR count). The first kappa shape index (κ1) is 17.9. The summed E-state index contributed by atoms with van der Waals surface area (Å²) >= 11 is 0. The zero-order chi connectivity index (χ0) is 14.0. The molecule has 0 radical (unpaired) electrons. The highest BCUT2D eigenvalue weighted by Crippen LogP contribution is 2.14. The van der Waals surface area contributed by atoms with E-state index in [4.69, 9.17) is 4.74 Å². The third-order valence-electron chi connectivity index (χ3n) is 3.28. The number of aliphatic hydroxyl groups is 1. The molecule has 0 aromatic rings. The highest BCUT2D eigenvalue weighted by atomic mass is 16.5. The Kier molecular flexibility index (Phi) is 9.70. The first-order valence-electron chi connectivity index (χ1n) is 7.41. The van der Waals surface area contributed by atoms with E-state index in [-0.39, 0.29) is 12.1 Å². The van der Waals surface area contributed by atoms with Gasteiger partial charge in [-0.15, -0.1) is 0 Å². The molecule has 0 saturated carbocycles. The fourth-order valence-electron chi connectivity index (χ4n) is 2.28. The van der Waals surface area contributed by atoms with Crippen molar-refractivity contribution in [1.29, 1.82) is 0 Å². The van der Waals surface area contributed by atoms with Crippen LogP contribution in [0.3, 0.4) is 0 Å². The average molecular weight is 259 g/mol. The lowest BCUT2D eigenvalue weighted by Crippen LogP contribution is -2.45. The summed E-state index contributed by atoms with van der Waals surface area (Å²) in [6.45, 7) is 12.7. The minimum absolute atomic E-state index is 0.127. The van der Waals surface area contributed by atoms with Crippen LogP contribution in [0, 0.1) is 5.92 Å². The van der Waals surface area contributed by atoms with Gasteiger partial charge in [-0.3, -0.25) is 0 Å². The Morgan fingerprint density at radius 1 is 1.22 bits per heavy atom. The van der Waals surface area contributed by atoms with E-state index < -0.39 is 0 Å². The van der Waals surface area contributed by atoms with Crippen molar-refractivity contribution in [2.24, 2.45) is 5.92 Å². The Morgan fingerprint density at radius 3 is 2.39 bits per heavy atom. The maximum Gasteiger partial charge on any atom is 0.0610 e. The number of aliphatic hydroxyl groups excluding tert-OH is 1. The van der Waals surface area contributed by atoms with Crippen molar-refractivity contribution >= 4 is 0 Å². The van der Waals surface area contributed by atoms with Crippen LogP contribution >= 0.6 is 0 Å². The zero-order valence-electron chi connectivity index (χ0n) is 13.0. The van der Waals surface area contributed by atoms with Gasteiger partial charge in [-0.05, 0) is 52.0 Å². The minimum Gasteiger partial charge on any atom is -0.394 e. The molecule has 0 saturated heterocycles. The molecule has 0 amide bonds. The van der Waals surface area contributed by atoms with E-state index in [2.05, 4.69) is 39.9 Å². The maximum absolute atomic E-state index is 9.37. The Balaban J connectivity index is 3.60. The minimum atomic E-state index is -0.127. The molecule has 3 nitrogen and oxygen atoms in total. The molecular weight excluding hydrogens is 226 g/mol. The lowest BCUT2D eigenvalue weighted by atomic mass is 9.96. The Morgan fingerprint density at radius 2 is 1.89 bits per heavy atom. The topological polar surface area (TPSA) is 41.5 Å². The average Bonchev–Trinajstić information content (AvgIpc) is 2.28. The molecule has 0 bridgehead atoms. The fraction of sp³-hybridized carbons (Fsp3) is 1.00. The van der Waals surface area contributed by atoms with Crippen LogP contribution in [0.2, 0.25) is 0 Å². The van der Waals surface area contributed by atoms with Gasteiger partial charge >= 0.3 is 0 Å². The van der Waals surface area contributed by atoms with Gasteiger partial charge in [-0.1, -0.05) is 20.8 Å². The largest absolute Gasteiger partial charge is 0.394 e. The first-order chi connectivity index (χ1) is 8.43. The first-order valence-corrected chi connectivity index (χ1v) is 7.41. The van der Waals surface area contributed by atoms with Crippen molar-refractivity contribution in [1.82, 2.24) is 5.32 Å². The maximum atomic E-state index is 9.37. The van der Waals surface area contributed by atoms with Gasteiger partial charge in [0.25, 0.3) is 0 Å². The van der Waals surface area contributed by atoms with Crippen molar-refractivity contribution in [2.45, 2.75) is 71.9 Å². The monoisotopic (exact) mass is 259 g/mol. The molecule has 0 aliphatic rings. The SMILES string of the molecule is CCNC(C)(CO)CCCCOC(C)CC(C)C. The normalized spacial score (nSPS) is 16.8. The molecule has 0 spiro atoms.